The van der Waals surface area contributed by atoms with E-state index < -0.39 is 0 Å². The second-order valence-electron chi connectivity index (χ2n) is 5.50. The van der Waals surface area contributed by atoms with Crippen molar-refractivity contribution in [2.45, 2.75) is 31.7 Å². The second-order valence-corrected chi connectivity index (χ2v) is 5.50. The average Bonchev–Trinajstić information content (AvgIpc) is 2.76. The quantitative estimate of drug-likeness (QED) is 0.916. The van der Waals surface area contributed by atoms with Gasteiger partial charge in [0, 0.05) is 30.7 Å². The van der Waals surface area contributed by atoms with Gasteiger partial charge in [0.05, 0.1) is 12.6 Å². The Labute approximate surface area is 114 Å². The summed E-state index contributed by atoms with van der Waals surface area (Å²) < 4.78 is 7.52. The second kappa shape index (κ2) is 5.25. The smallest absolute Gasteiger partial charge is 0.120 e. The minimum Gasteiger partial charge on any atom is -0.497 e. The number of hydrogen-bond acceptors (Lipinski definition) is 2. The van der Waals surface area contributed by atoms with E-state index in [1.807, 2.05) is 0 Å². The summed E-state index contributed by atoms with van der Waals surface area (Å²) in [5, 5.41) is 4.99. The highest BCUT2D eigenvalue weighted by atomic mass is 16.5. The van der Waals surface area contributed by atoms with Crippen molar-refractivity contribution in [1.82, 2.24) is 9.88 Å². The molecule has 1 aromatic carbocycles. The van der Waals surface area contributed by atoms with E-state index in [4.69, 9.17) is 4.74 Å². The Kier molecular flexibility index (Phi) is 3.47. The Morgan fingerprint density at radius 1 is 1.37 bits per heavy atom. The van der Waals surface area contributed by atoms with Crippen molar-refractivity contribution in [3.63, 3.8) is 0 Å². The summed E-state index contributed by atoms with van der Waals surface area (Å²) in [5.74, 6) is 0.927. The molecule has 2 heterocycles. The summed E-state index contributed by atoms with van der Waals surface area (Å²) >= 11 is 0. The first-order valence-corrected chi connectivity index (χ1v) is 7.13. The number of aryl methyl sites for hydroxylation is 1. The molecule has 0 saturated carbocycles. The zero-order chi connectivity index (χ0) is 13.2. The molecule has 102 valence electrons. The molecule has 1 aromatic heterocycles. The first-order chi connectivity index (χ1) is 9.28. The van der Waals surface area contributed by atoms with E-state index >= 15 is 0 Å². The van der Waals surface area contributed by atoms with Gasteiger partial charge in [-0.15, -0.1) is 0 Å². The summed E-state index contributed by atoms with van der Waals surface area (Å²) in [7, 11) is 3.83. The molecule has 3 nitrogen and oxygen atoms in total. The average molecular weight is 258 g/mol. The lowest BCUT2D eigenvalue weighted by atomic mass is 9.97. The molecule has 1 atom stereocenters. The molecule has 1 aliphatic rings. The van der Waals surface area contributed by atoms with Crippen molar-refractivity contribution in [2.24, 2.45) is 7.05 Å². The van der Waals surface area contributed by atoms with Gasteiger partial charge < -0.3 is 14.6 Å². The third kappa shape index (κ3) is 2.47. The number of fused-ring (bicyclic) bond motifs is 1. The number of benzene rings is 1. The first kappa shape index (κ1) is 12.5. The molecule has 1 unspecified atom stereocenters. The van der Waals surface area contributed by atoms with Gasteiger partial charge in [0.25, 0.3) is 0 Å². The Morgan fingerprint density at radius 2 is 2.26 bits per heavy atom. The van der Waals surface area contributed by atoms with E-state index in [1.54, 1.807) is 7.11 Å². The Hall–Kier alpha value is -1.48. The van der Waals surface area contributed by atoms with Crippen LogP contribution in [0.5, 0.6) is 5.75 Å². The Bertz CT molecular complexity index is 567. The van der Waals surface area contributed by atoms with Crippen LogP contribution in [0, 0.1) is 0 Å². The molecular weight excluding hydrogens is 236 g/mol. The lowest BCUT2D eigenvalue weighted by Crippen LogP contribution is -2.35. The van der Waals surface area contributed by atoms with Gasteiger partial charge in [-0.2, -0.15) is 0 Å². The summed E-state index contributed by atoms with van der Waals surface area (Å²) in [5.41, 5.74) is 2.70. The van der Waals surface area contributed by atoms with Gasteiger partial charge in [-0.1, -0.05) is 6.42 Å². The zero-order valence-electron chi connectivity index (χ0n) is 11.8. The number of hydrogen-bond donors (Lipinski definition) is 1. The van der Waals surface area contributed by atoms with E-state index in [0.29, 0.717) is 6.04 Å². The Balaban J connectivity index is 1.90. The van der Waals surface area contributed by atoms with Crippen LogP contribution in [-0.2, 0) is 13.5 Å². The highest BCUT2D eigenvalue weighted by Crippen LogP contribution is 2.27. The maximum absolute atomic E-state index is 5.31. The molecule has 1 fully saturated rings. The summed E-state index contributed by atoms with van der Waals surface area (Å²) in [4.78, 5) is 0. The normalized spacial score (nSPS) is 19.8. The first-order valence-electron chi connectivity index (χ1n) is 7.13. The SMILES string of the molecule is COc1ccc2c(CC3CCCCN3)cn(C)c2c1. The number of aromatic nitrogens is 1. The molecule has 0 aliphatic carbocycles. The van der Waals surface area contributed by atoms with Gasteiger partial charge in [0.1, 0.15) is 5.75 Å². The van der Waals surface area contributed by atoms with E-state index in [9.17, 15) is 0 Å². The van der Waals surface area contributed by atoms with Gasteiger partial charge in [0.2, 0.25) is 0 Å². The maximum Gasteiger partial charge on any atom is 0.120 e. The molecule has 0 amide bonds. The fourth-order valence-corrected chi connectivity index (χ4v) is 3.10. The number of ether oxygens (including phenoxy) is 1. The van der Waals surface area contributed by atoms with Gasteiger partial charge >= 0.3 is 0 Å². The van der Waals surface area contributed by atoms with Crippen molar-refractivity contribution < 1.29 is 4.74 Å². The Morgan fingerprint density at radius 3 is 3.00 bits per heavy atom. The summed E-state index contributed by atoms with van der Waals surface area (Å²) in [6.07, 6.45) is 7.37. The van der Waals surface area contributed by atoms with Crippen LogP contribution in [0.25, 0.3) is 10.9 Å². The lowest BCUT2D eigenvalue weighted by molar-refractivity contribution is 0.400. The van der Waals surface area contributed by atoms with Crippen LogP contribution in [0.3, 0.4) is 0 Å². The van der Waals surface area contributed by atoms with Crippen molar-refractivity contribution >= 4 is 10.9 Å². The third-order valence-electron chi connectivity index (χ3n) is 4.16. The van der Waals surface area contributed by atoms with E-state index in [0.717, 1.165) is 12.2 Å². The van der Waals surface area contributed by atoms with Gasteiger partial charge in [-0.25, -0.2) is 0 Å². The van der Waals surface area contributed by atoms with E-state index in [2.05, 4.69) is 41.3 Å². The molecule has 3 rings (SSSR count). The molecule has 1 N–H and O–H groups in total. The third-order valence-corrected chi connectivity index (χ3v) is 4.16. The van der Waals surface area contributed by atoms with Crippen LogP contribution in [-0.4, -0.2) is 24.3 Å². The van der Waals surface area contributed by atoms with Crippen LogP contribution in [0.2, 0.25) is 0 Å². The van der Waals surface area contributed by atoms with Crippen molar-refractivity contribution in [3.05, 3.63) is 30.0 Å². The molecule has 1 aliphatic heterocycles. The number of nitrogens with zero attached hydrogens (tertiary/aromatic N) is 1. The van der Waals surface area contributed by atoms with E-state index in [-0.39, 0.29) is 0 Å². The predicted molar refractivity (Wildman–Crippen MR) is 78.8 cm³/mol. The number of piperidine rings is 1. The molecule has 19 heavy (non-hydrogen) atoms. The highest BCUT2D eigenvalue weighted by molar-refractivity contribution is 5.85. The van der Waals surface area contributed by atoms with Crippen LogP contribution >= 0.6 is 0 Å². The molecule has 0 radical (unpaired) electrons. The fourth-order valence-electron chi connectivity index (χ4n) is 3.10. The molecule has 3 heteroatoms. The summed E-state index contributed by atoms with van der Waals surface area (Å²) in [6, 6.07) is 7.00. The van der Waals surface area contributed by atoms with Gasteiger partial charge in [0.15, 0.2) is 0 Å². The van der Waals surface area contributed by atoms with Crippen molar-refractivity contribution in [2.75, 3.05) is 13.7 Å². The number of rotatable bonds is 3. The highest BCUT2D eigenvalue weighted by Gasteiger charge is 2.16. The number of nitrogens with one attached hydrogen (secondary N) is 1. The summed E-state index contributed by atoms with van der Waals surface area (Å²) in [6.45, 7) is 1.17. The molecule has 0 bridgehead atoms. The van der Waals surface area contributed by atoms with Crippen LogP contribution in [0.1, 0.15) is 24.8 Å². The predicted octanol–water partition coefficient (Wildman–Crippen LogP) is 2.87. The van der Waals surface area contributed by atoms with E-state index in [1.165, 1.54) is 42.3 Å². The van der Waals surface area contributed by atoms with Gasteiger partial charge in [-0.05, 0) is 43.5 Å². The molecular formula is C16H22N2O. The standard InChI is InChI=1S/C16H22N2O/c1-18-11-12(9-13-5-3-4-8-17-13)15-7-6-14(19-2)10-16(15)18/h6-7,10-11,13,17H,3-5,8-9H2,1-2H3. The van der Waals surface area contributed by atoms with Crippen LogP contribution in [0.15, 0.2) is 24.4 Å². The maximum atomic E-state index is 5.31. The van der Waals surface area contributed by atoms with Crippen molar-refractivity contribution in [1.29, 1.82) is 0 Å². The van der Waals surface area contributed by atoms with Crippen LogP contribution in [0.4, 0.5) is 0 Å². The van der Waals surface area contributed by atoms with Gasteiger partial charge in [-0.3, -0.25) is 0 Å². The molecule has 0 spiro atoms. The van der Waals surface area contributed by atoms with Crippen molar-refractivity contribution in [3.8, 4) is 5.75 Å². The van der Waals surface area contributed by atoms with Crippen LogP contribution < -0.4 is 10.1 Å². The molecule has 1 saturated heterocycles. The number of methoxy groups -OCH3 is 1. The minimum atomic E-state index is 0.640. The fraction of sp³-hybridized carbons (Fsp3) is 0.500. The minimum absolute atomic E-state index is 0.640. The zero-order valence-corrected chi connectivity index (χ0v) is 11.8. The monoisotopic (exact) mass is 258 g/mol. The topological polar surface area (TPSA) is 26.2 Å². The largest absolute Gasteiger partial charge is 0.497 e. The molecule has 2 aromatic rings. The lowest BCUT2D eigenvalue weighted by Gasteiger charge is -2.23.